The van der Waals surface area contributed by atoms with E-state index >= 15 is 0 Å². The van der Waals surface area contributed by atoms with Gasteiger partial charge in [0.05, 0.1) is 4.92 Å². The van der Waals surface area contributed by atoms with Crippen LogP contribution in [0.3, 0.4) is 0 Å². The summed E-state index contributed by atoms with van der Waals surface area (Å²) in [4.78, 5) is 10.2. The number of nitrogens with one attached hydrogen (secondary N) is 1. The van der Waals surface area contributed by atoms with Crippen LogP contribution >= 0.6 is 0 Å². The van der Waals surface area contributed by atoms with Gasteiger partial charge in [-0.05, 0) is 30.7 Å². The van der Waals surface area contributed by atoms with Crippen molar-refractivity contribution < 1.29 is 4.92 Å². The summed E-state index contributed by atoms with van der Waals surface area (Å²) in [5, 5.41) is 14.1. The van der Waals surface area contributed by atoms with Crippen LogP contribution in [0.4, 0.5) is 5.69 Å². The minimum Gasteiger partial charge on any atom is -0.310 e. The van der Waals surface area contributed by atoms with Gasteiger partial charge in [-0.15, -0.1) is 0 Å². The monoisotopic (exact) mass is 248 g/mol. The summed E-state index contributed by atoms with van der Waals surface area (Å²) in [6.45, 7) is 3.06. The molecule has 2 rings (SSSR count). The molecule has 2 atom stereocenters. The number of hydrogen-bond donors (Lipinski definition) is 1. The fraction of sp³-hybridized carbons (Fsp3) is 0.571. The van der Waals surface area contributed by atoms with Crippen LogP contribution in [0.2, 0.25) is 0 Å². The lowest BCUT2D eigenvalue weighted by Crippen LogP contribution is -2.25. The van der Waals surface area contributed by atoms with Gasteiger partial charge in [-0.3, -0.25) is 10.1 Å². The average Bonchev–Trinajstić information content (AvgIpc) is 2.85. The molecule has 0 aromatic heterocycles. The van der Waals surface area contributed by atoms with Crippen molar-refractivity contribution in [3.63, 3.8) is 0 Å². The van der Waals surface area contributed by atoms with Crippen molar-refractivity contribution in [1.82, 2.24) is 5.32 Å². The Hall–Kier alpha value is -1.42. The molecule has 1 aromatic rings. The number of hydrogen-bond acceptors (Lipinski definition) is 3. The Bertz CT molecular complexity index is 403. The Balaban J connectivity index is 1.82. The van der Waals surface area contributed by atoms with E-state index in [2.05, 4.69) is 12.2 Å². The van der Waals surface area contributed by atoms with Gasteiger partial charge in [-0.1, -0.05) is 25.5 Å². The van der Waals surface area contributed by atoms with Gasteiger partial charge in [-0.2, -0.15) is 0 Å². The van der Waals surface area contributed by atoms with Crippen LogP contribution in [0.5, 0.6) is 0 Å². The van der Waals surface area contributed by atoms with Gasteiger partial charge in [0, 0.05) is 24.7 Å². The van der Waals surface area contributed by atoms with Gasteiger partial charge in [0.25, 0.3) is 5.69 Å². The maximum absolute atomic E-state index is 10.5. The topological polar surface area (TPSA) is 55.2 Å². The number of nitrogens with zero attached hydrogens (tertiary/aromatic N) is 1. The molecule has 2 unspecified atom stereocenters. The van der Waals surface area contributed by atoms with Crippen LogP contribution in [0.1, 0.15) is 38.2 Å². The summed E-state index contributed by atoms with van der Waals surface area (Å²) < 4.78 is 0. The molecule has 0 heterocycles. The smallest absolute Gasteiger partial charge is 0.269 e. The molecule has 0 radical (unpaired) electrons. The van der Waals surface area contributed by atoms with E-state index in [0.29, 0.717) is 6.04 Å². The molecule has 4 nitrogen and oxygen atoms in total. The van der Waals surface area contributed by atoms with E-state index in [1.165, 1.54) is 25.7 Å². The summed E-state index contributed by atoms with van der Waals surface area (Å²) in [7, 11) is 0. The fourth-order valence-electron chi connectivity index (χ4n) is 2.63. The highest BCUT2D eigenvalue weighted by atomic mass is 16.6. The Morgan fingerprint density at radius 3 is 2.61 bits per heavy atom. The molecule has 1 fully saturated rings. The molecule has 4 heteroatoms. The minimum atomic E-state index is -0.361. The highest BCUT2D eigenvalue weighted by Crippen LogP contribution is 2.28. The maximum atomic E-state index is 10.5. The average molecular weight is 248 g/mol. The zero-order valence-electron chi connectivity index (χ0n) is 10.8. The van der Waals surface area contributed by atoms with Gasteiger partial charge < -0.3 is 5.32 Å². The first-order valence-corrected chi connectivity index (χ1v) is 6.65. The largest absolute Gasteiger partial charge is 0.310 e. The van der Waals surface area contributed by atoms with E-state index in [4.69, 9.17) is 0 Å². The maximum Gasteiger partial charge on any atom is 0.269 e. The molecule has 0 spiro atoms. The van der Waals surface area contributed by atoms with Crippen LogP contribution in [0, 0.1) is 16.0 Å². The lowest BCUT2D eigenvalue weighted by Gasteiger charge is -2.12. The highest BCUT2D eigenvalue weighted by Gasteiger charge is 2.22. The van der Waals surface area contributed by atoms with Crippen molar-refractivity contribution in [2.24, 2.45) is 5.92 Å². The van der Waals surface area contributed by atoms with Crippen molar-refractivity contribution in [3.8, 4) is 0 Å². The third-order valence-corrected chi connectivity index (χ3v) is 3.86. The predicted octanol–water partition coefficient (Wildman–Crippen LogP) is 3.26. The SMILES string of the molecule is CCC1CCC(NCc2ccc([N+](=O)[O-])cc2)C1. The van der Waals surface area contributed by atoms with E-state index in [9.17, 15) is 10.1 Å². The third kappa shape index (κ3) is 3.29. The molecular formula is C14H20N2O2. The molecule has 0 aliphatic heterocycles. The fourth-order valence-corrected chi connectivity index (χ4v) is 2.63. The summed E-state index contributed by atoms with van der Waals surface area (Å²) in [6.07, 6.45) is 5.12. The van der Waals surface area contributed by atoms with Gasteiger partial charge in [-0.25, -0.2) is 0 Å². The molecular weight excluding hydrogens is 228 g/mol. The second-order valence-electron chi connectivity index (χ2n) is 5.09. The summed E-state index contributed by atoms with van der Waals surface area (Å²) in [5.41, 5.74) is 1.27. The van der Waals surface area contributed by atoms with Crippen LogP contribution in [-0.4, -0.2) is 11.0 Å². The second kappa shape index (κ2) is 5.96. The van der Waals surface area contributed by atoms with Crippen LogP contribution in [0.25, 0.3) is 0 Å². The summed E-state index contributed by atoms with van der Waals surface area (Å²) >= 11 is 0. The third-order valence-electron chi connectivity index (χ3n) is 3.86. The van der Waals surface area contributed by atoms with Gasteiger partial charge >= 0.3 is 0 Å². The molecule has 1 aromatic carbocycles. The van der Waals surface area contributed by atoms with Crippen LogP contribution < -0.4 is 5.32 Å². The number of nitro benzene ring substituents is 1. The van der Waals surface area contributed by atoms with Crippen molar-refractivity contribution >= 4 is 5.69 Å². The Kier molecular flexibility index (Phi) is 4.31. The second-order valence-corrected chi connectivity index (χ2v) is 5.09. The first-order valence-electron chi connectivity index (χ1n) is 6.65. The Morgan fingerprint density at radius 1 is 1.33 bits per heavy atom. The van der Waals surface area contributed by atoms with Crippen molar-refractivity contribution in [2.75, 3.05) is 0 Å². The predicted molar refractivity (Wildman–Crippen MR) is 71.4 cm³/mol. The quantitative estimate of drug-likeness (QED) is 0.642. The highest BCUT2D eigenvalue weighted by molar-refractivity contribution is 5.32. The van der Waals surface area contributed by atoms with Crippen molar-refractivity contribution in [1.29, 1.82) is 0 Å². The zero-order chi connectivity index (χ0) is 13.0. The van der Waals surface area contributed by atoms with E-state index < -0.39 is 0 Å². The molecule has 1 N–H and O–H groups in total. The molecule has 1 aliphatic carbocycles. The van der Waals surface area contributed by atoms with Crippen molar-refractivity contribution in [2.45, 2.75) is 45.2 Å². The first-order chi connectivity index (χ1) is 8.69. The number of non-ortho nitro benzene ring substituents is 1. The Labute approximate surface area is 108 Å². The zero-order valence-corrected chi connectivity index (χ0v) is 10.8. The molecule has 1 aliphatic rings. The van der Waals surface area contributed by atoms with Gasteiger partial charge in [0.15, 0.2) is 0 Å². The van der Waals surface area contributed by atoms with Crippen LogP contribution in [0.15, 0.2) is 24.3 Å². The first kappa shape index (κ1) is 13.0. The van der Waals surface area contributed by atoms with Crippen LogP contribution in [-0.2, 0) is 6.54 Å². The number of benzene rings is 1. The minimum absolute atomic E-state index is 0.158. The standard InChI is InChI=1S/C14H20N2O2/c1-2-11-3-6-13(9-11)15-10-12-4-7-14(8-5-12)16(17)18/h4-5,7-8,11,13,15H,2-3,6,9-10H2,1H3. The summed E-state index contributed by atoms with van der Waals surface area (Å²) in [6, 6.07) is 7.42. The molecule has 0 amide bonds. The number of nitro groups is 1. The lowest BCUT2D eigenvalue weighted by molar-refractivity contribution is -0.384. The molecule has 0 saturated heterocycles. The molecule has 18 heavy (non-hydrogen) atoms. The normalized spacial score (nSPS) is 23.2. The molecule has 98 valence electrons. The van der Waals surface area contributed by atoms with E-state index in [0.717, 1.165) is 18.0 Å². The van der Waals surface area contributed by atoms with Gasteiger partial charge in [0.2, 0.25) is 0 Å². The van der Waals surface area contributed by atoms with E-state index in [1.807, 2.05) is 12.1 Å². The van der Waals surface area contributed by atoms with E-state index in [-0.39, 0.29) is 10.6 Å². The summed E-state index contributed by atoms with van der Waals surface area (Å²) in [5.74, 6) is 0.874. The number of rotatable bonds is 5. The van der Waals surface area contributed by atoms with Gasteiger partial charge in [0.1, 0.15) is 0 Å². The van der Waals surface area contributed by atoms with Crippen molar-refractivity contribution in [3.05, 3.63) is 39.9 Å². The molecule has 0 bridgehead atoms. The van der Waals surface area contributed by atoms with E-state index in [1.54, 1.807) is 12.1 Å². The Morgan fingerprint density at radius 2 is 2.06 bits per heavy atom. The lowest BCUT2D eigenvalue weighted by atomic mass is 10.1. The molecule has 1 saturated carbocycles.